The van der Waals surface area contributed by atoms with Crippen molar-refractivity contribution in [2.24, 2.45) is 0 Å². The molecule has 30 heavy (non-hydrogen) atoms. The van der Waals surface area contributed by atoms with E-state index in [4.69, 9.17) is 18.9 Å². The highest BCUT2D eigenvalue weighted by Gasteiger charge is 2.15. The Bertz CT molecular complexity index is 847. The standard InChI is InChI=1S/C23H29NO6/c1-6-24(14-17-7-12-20(27-4)21(13-17)28-5)22(25)15-29-19-10-8-18(9-11-19)23(26)30-16(2)3/h7-13,16H,6,14-15H2,1-5H3. The quantitative estimate of drug-likeness (QED) is 0.551. The van der Waals surface area contributed by atoms with Crippen LogP contribution >= 0.6 is 0 Å². The number of carbonyl (C=O) groups is 2. The number of hydrogen-bond acceptors (Lipinski definition) is 6. The topological polar surface area (TPSA) is 74.3 Å². The largest absolute Gasteiger partial charge is 0.493 e. The van der Waals surface area contributed by atoms with Crippen LogP contribution in [-0.4, -0.2) is 50.3 Å². The maximum absolute atomic E-state index is 12.6. The van der Waals surface area contributed by atoms with Gasteiger partial charge in [-0.3, -0.25) is 4.79 Å². The highest BCUT2D eigenvalue weighted by molar-refractivity contribution is 5.89. The third-order valence-corrected chi connectivity index (χ3v) is 4.35. The van der Waals surface area contributed by atoms with Gasteiger partial charge in [0, 0.05) is 13.1 Å². The van der Waals surface area contributed by atoms with Crippen molar-refractivity contribution in [1.82, 2.24) is 4.90 Å². The zero-order chi connectivity index (χ0) is 22.1. The molecule has 0 aliphatic heterocycles. The summed E-state index contributed by atoms with van der Waals surface area (Å²) < 4.78 is 21.3. The molecule has 162 valence electrons. The average Bonchev–Trinajstić information content (AvgIpc) is 2.75. The zero-order valence-electron chi connectivity index (χ0n) is 18.1. The molecule has 0 saturated heterocycles. The van der Waals surface area contributed by atoms with Gasteiger partial charge in [0.2, 0.25) is 0 Å². The lowest BCUT2D eigenvalue weighted by Gasteiger charge is -2.21. The van der Waals surface area contributed by atoms with Crippen LogP contribution in [-0.2, 0) is 16.1 Å². The molecule has 0 bridgehead atoms. The van der Waals surface area contributed by atoms with E-state index in [0.717, 1.165) is 5.56 Å². The number of rotatable bonds is 10. The van der Waals surface area contributed by atoms with Gasteiger partial charge in [0.1, 0.15) is 5.75 Å². The Hall–Kier alpha value is -3.22. The first-order valence-electron chi connectivity index (χ1n) is 9.80. The van der Waals surface area contributed by atoms with E-state index in [1.54, 1.807) is 57.2 Å². The van der Waals surface area contributed by atoms with Crippen molar-refractivity contribution in [3.8, 4) is 17.2 Å². The van der Waals surface area contributed by atoms with E-state index in [1.165, 1.54) is 0 Å². The minimum absolute atomic E-state index is 0.100. The molecule has 0 aliphatic carbocycles. The summed E-state index contributed by atoms with van der Waals surface area (Å²) in [6.45, 7) is 6.37. The second-order valence-corrected chi connectivity index (χ2v) is 6.86. The first-order valence-corrected chi connectivity index (χ1v) is 9.80. The average molecular weight is 415 g/mol. The highest BCUT2D eigenvalue weighted by Crippen LogP contribution is 2.28. The Labute approximate surface area is 177 Å². The van der Waals surface area contributed by atoms with E-state index < -0.39 is 0 Å². The van der Waals surface area contributed by atoms with Crippen molar-refractivity contribution >= 4 is 11.9 Å². The predicted molar refractivity (Wildman–Crippen MR) is 113 cm³/mol. The molecule has 0 saturated carbocycles. The number of nitrogens with zero attached hydrogens (tertiary/aromatic N) is 1. The van der Waals surface area contributed by atoms with E-state index >= 15 is 0 Å². The molecular weight excluding hydrogens is 386 g/mol. The number of carbonyl (C=O) groups excluding carboxylic acids is 2. The second kappa shape index (κ2) is 11.1. The summed E-state index contributed by atoms with van der Waals surface area (Å²) in [5.41, 5.74) is 1.36. The molecule has 2 aromatic rings. The maximum atomic E-state index is 12.6. The lowest BCUT2D eigenvalue weighted by Crippen LogP contribution is -2.34. The van der Waals surface area contributed by atoms with Gasteiger partial charge >= 0.3 is 5.97 Å². The molecule has 1 amide bonds. The predicted octanol–water partition coefficient (Wildman–Crippen LogP) is 3.70. The summed E-state index contributed by atoms with van der Waals surface area (Å²) in [6, 6.07) is 12.1. The summed E-state index contributed by atoms with van der Waals surface area (Å²) in [5, 5.41) is 0. The van der Waals surface area contributed by atoms with Crippen LogP contribution in [0.4, 0.5) is 0 Å². The first-order chi connectivity index (χ1) is 14.4. The molecule has 2 aromatic carbocycles. The summed E-state index contributed by atoms with van der Waals surface area (Å²) in [6.07, 6.45) is -0.184. The molecule has 0 heterocycles. The number of hydrogen-bond donors (Lipinski definition) is 0. The van der Waals surface area contributed by atoms with Gasteiger partial charge in [-0.25, -0.2) is 4.79 Å². The molecule has 0 spiro atoms. The van der Waals surface area contributed by atoms with Crippen LogP contribution in [0.15, 0.2) is 42.5 Å². The molecule has 7 heteroatoms. The van der Waals surface area contributed by atoms with Crippen LogP contribution in [0.3, 0.4) is 0 Å². The smallest absolute Gasteiger partial charge is 0.338 e. The molecule has 0 atom stereocenters. The molecule has 7 nitrogen and oxygen atoms in total. The van der Waals surface area contributed by atoms with Crippen molar-refractivity contribution < 1.29 is 28.5 Å². The lowest BCUT2D eigenvalue weighted by atomic mass is 10.2. The zero-order valence-corrected chi connectivity index (χ0v) is 18.1. The Morgan fingerprint density at radius 2 is 1.63 bits per heavy atom. The van der Waals surface area contributed by atoms with Gasteiger partial charge in [0.15, 0.2) is 18.1 Å². The normalized spacial score (nSPS) is 10.5. The summed E-state index contributed by atoms with van der Waals surface area (Å²) in [5.74, 6) is 1.23. The summed E-state index contributed by atoms with van der Waals surface area (Å²) >= 11 is 0. The Morgan fingerprint density at radius 3 is 2.20 bits per heavy atom. The molecular formula is C23H29NO6. The molecule has 2 rings (SSSR count). The molecule has 0 aromatic heterocycles. The minimum atomic E-state index is -0.389. The summed E-state index contributed by atoms with van der Waals surface area (Å²) in [7, 11) is 3.16. The van der Waals surface area contributed by atoms with Gasteiger partial charge in [-0.2, -0.15) is 0 Å². The second-order valence-electron chi connectivity index (χ2n) is 6.86. The first kappa shape index (κ1) is 23.1. The van der Waals surface area contributed by atoms with Gasteiger partial charge in [-0.05, 0) is 62.7 Å². The van der Waals surface area contributed by atoms with E-state index in [-0.39, 0.29) is 24.6 Å². The molecule has 0 fully saturated rings. The van der Waals surface area contributed by atoms with E-state index in [1.807, 2.05) is 25.1 Å². The molecule has 0 aliphatic rings. The Kier molecular flexibility index (Phi) is 8.53. The fourth-order valence-electron chi connectivity index (χ4n) is 2.78. The third kappa shape index (κ3) is 6.40. The highest BCUT2D eigenvalue weighted by atomic mass is 16.5. The monoisotopic (exact) mass is 415 g/mol. The van der Waals surface area contributed by atoms with E-state index in [0.29, 0.717) is 35.9 Å². The molecule has 0 unspecified atom stereocenters. The van der Waals surface area contributed by atoms with E-state index in [9.17, 15) is 9.59 Å². The van der Waals surface area contributed by atoms with Crippen LogP contribution in [0, 0.1) is 0 Å². The van der Waals surface area contributed by atoms with Gasteiger partial charge in [-0.1, -0.05) is 6.07 Å². The van der Waals surface area contributed by atoms with Gasteiger partial charge < -0.3 is 23.8 Å². The van der Waals surface area contributed by atoms with Gasteiger partial charge in [0.25, 0.3) is 5.91 Å². The molecule has 0 radical (unpaired) electrons. The fraction of sp³-hybridized carbons (Fsp3) is 0.391. The number of amides is 1. The van der Waals surface area contributed by atoms with Crippen molar-refractivity contribution in [2.75, 3.05) is 27.4 Å². The van der Waals surface area contributed by atoms with E-state index in [2.05, 4.69) is 0 Å². The van der Waals surface area contributed by atoms with Crippen LogP contribution in [0.25, 0.3) is 0 Å². The third-order valence-electron chi connectivity index (χ3n) is 4.35. The van der Waals surface area contributed by atoms with Crippen molar-refractivity contribution in [3.05, 3.63) is 53.6 Å². The fourth-order valence-corrected chi connectivity index (χ4v) is 2.78. The summed E-state index contributed by atoms with van der Waals surface area (Å²) in [4.78, 5) is 26.2. The van der Waals surface area contributed by atoms with Crippen LogP contribution in [0.5, 0.6) is 17.2 Å². The molecule has 0 N–H and O–H groups in total. The van der Waals surface area contributed by atoms with Gasteiger partial charge in [0.05, 0.1) is 25.9 Å². The van der Waals surface area contributed by atoms with Crippen LogP contribution in [0.1, 0.15) is 36.7 Å². The van der Waals surface area contributed by atoms with Crippen molar-refractivity contribution in [2.45, 2.75) is 33.4 Å². The number of methoxy groups -OCH3 is 2. The maximum Gasteiger partial charge on any atom is 0.338 e. The number of ether oxygens (including phenoxy) is 4. The van der Waals surface area contributed by atoms with Crippen molar-refractivity contribution in [1.29, 1.82) is 0 Å². The number of esters is 1. The van der Waals surface area contributed by atoms with Gasteiger partial charge in [-0.15, -0.1) is 0 Å². The van der Waals surface area contributed by atoms with Crippen molar-refractivity contribution in [3.63, 3.8) is 0 Å². The lowest BCUT2D eigenvalue weighted by molar-refractivity contribution is -0.133. The SMILES string of the molecule is CCN(Cc1ccc(OC)c(OC)c1)C(=O)COc1ccc(C(=O)OC(C)C)cc1. The Morgan fingerprint density at radius 1 is 0.967 bits per heavy atom. The van der Waals surface area contributed by atoms with Crippen LogP contribution in [0.2, 0.25) is 0 Å². The number of benzene rings is 2. The minimum Gasteiger partial charge on any atom is -0.493 e. The van der Waals surface area contributed by atoms with Crippen LogP contribution < -0.4 is 14.2 Å². The number of likely N-dealkylation sites (N-methyl/N-ethyl adjacent to an activating group) is 1. The Balaban J connectivity index is 1.95.